The van der Waals surface area contributed by atoms with E-state index >= 15 is 0 Å². The predicted octanol–water partition coefficient (Wildman–Crippen LogP) is 0.576. The number of carboxylic acid groups (broad SMARTS) is 1. The van der Waals surface area contributed by atoms with E-state index in [1.807, 2.05) is 13.8 Å². The van der Waals surface area contributed by atoms with Crippen LogP contribution in [0.2, 0.25) is 0 Å². The number of amides is 2. The third-order valence-electron chi connectivity index (χ3n) is 3.28. The monoisotopic (exact) mass is 348 g/mol. The summed E-state index contributed by atoms with van der Waals surface area (Å²) in [6, 6.07) is 0. The molecule has 0 atom stereocenters. The molecule has 2 amide bonds. The molecule has 0 radical (unpaired) electrons. The first-order valence-corrected chi connectivity index (χ1v) is 7.85. The fourth-order valence-corrected chi connectivity index (χ4v) is 2.07. The summed E-state index contributed by atoms with van der Waals surface area (Å²) in [6.07, 6.45) is 4.94. The molecule has 0 aromatic carbocycles. The van der Waals surface area contributed by atoms with Gasteiger partial charge < -0.3 is 15.7 Å². The number of aromatic nitrogens is 4. The first kappa shape index (κ1) is 18.2. The Kier molecular flexibility index (Phi) is 5.88. The van der Waals surface area contributed by atoms with Crippen molar-refractivity contribution in [3.63, 3.8) is 0 Å². The van der Waals surface area contributed by atoms with Gasteiger partial charge in [0.15, 0.2) is 5.69 Å². The fraction of sp³-hybridized carbons (Fsp3) is 0.400. The SMILES string of the molecule is CCCNC(=O)c1nn(CC)cc1NC(=O)c1cnn(CC(=O)O)c1. The number of aryl methyl sites for hydroxylation is 1. The van der Waals surface area contributed by atoms with Crippen LogP contribution in [0, 0.1) is 0 Å². The lowest BCUT2D eigenvalue weighted by Crippen LogP contribution is -2.26. The van der Waals surface area contributed by atoms with Gasteiger partial charge >= 0.3 is 5.97 Å². The lowest BCUT2D eigenvalue weighted by molar-refractivity contribution is -0.137. The number of nitrogens with zero attached hydrogens (tertiary/aromatic N) is 4. The summed E-state index contributed by atoms with van der Waals surface area (Å²) in [5.74, 6) is -1.93. The molecule has 0 saturated heterocycles. The molecule has 10 nitrogen and oxygen atoms in total. The molecule has 2 rings (SSSR count). The van der Waals surface area contributed by atoms with E-state index in [9.17, 15) is 14.4 Å². The van der Waals surface area contributed by atoms with Gasteiger partial charge in [-0.25, -0.2) is 0 Å². The minimum Gasteiger partial charge on any atom is -0.480 e. The minimum absolute atomic E-state index is 0.126. The van der Waals surface area contributed by atoms with E-state index in [2.05, 4.69) is 20.8 Å². The number of anilines is 1. The first-order chi connectivity index (χ1) is 11.9. The summed E-state index contributed by atoms with van der Waals surface area (Å²) in [5, 5.41) is 22.0. The first-order valence-electron chi connectivity index (χ1n) is 7.85. The molecule has 0 unspecified atom stereocenters. The maximum Gasteiger partial charge on any atom is 0.325 e. The molecule has 0 fully saturated rings. The van der Waals surface area contributed by atoms with Crippen LogP contribution in [0.25, 0.3) is 0 Å². The summed E-state index contributed by atoms with van der Waals surface area (Å²) in [6.45, 7) is 4.50. The van der Waals surface area contributed by atoms with Crippen molar-refractivity contribution in [3.05, 3.63) is 29.8 Å². The second-order valence-electron chi connectivity index (χ2n) is 5.28. The van der Waals surface area contributed by atoms with Crippen molar-refractivity contribution in [2.75, 3.05) is 11.9 Å². The molecule has 10 heteroatoms. The van der Waals surface area contributed by atoms with E-state index in [0.29, 0.717) is 13.1 Å². The minimum atomic E-state index is -1.06. The van der Waals surface area contributed by atoms with Crippen LogP contribution in [-0.4, -0.2) is 49.0 Å². The highest BCUT2D eigenvalue weighted by Crippen LogP contribution is 2.15. The second-order valence-corrected chi connectivity index (χ2v) is 5.28. The van der Waals surface area contributed by atoms with E-state index in [4.69, 9.17) is 5.11 Å². The number of rotatable bonds is 8. The van der Waals surface area contributed by atoms with Gasteiger partial charge in [-0.3, -0.25) is 23.7 Å². The number of carbonyl (C=O) groups excluding carboxylic acids is 2. The quantitative estimate of drug-likeness (QED) is 0.639. The van der Waals surface area contributed by atoms with Crippen LogP contribution in [0.1, 0.15) is 41.1 Å². The zero-order chi connectivity index (χ0) is 18.4. The lowest BCUT2D eigenvalue weighted by atomic mass is 10.3. The van der Waals surface area contributed by atoms with Gasteiger partial charge in [0.1, 0.15) is 6.54 Å². The Morgan fingerprint density at radius 3 is 2.56 bits per heavy atom. The van der Waals surface area contributed by atoms with Crippen molar-refractivity contribution in [2.24, 2.45) is 0 Å². The average Bonchev–Trinajstić information content (AvgIpc) is 3.19. The zero-order valence-electron chi connectivity index (χ0n) is 14.0. The van der Waals surface area contributed by atoms with Crippen molar-refractivity contribution < 1.29 is 19.5 Å². The van der Waals surface area contributed by atoms with Crippen LogP contribution >= 0.6 is 0 Å². The van der Waals surface area contributed by atoms with Gasteiger partial charge in [-0.2, -0.15) is 10.2 Å². The Balaban J connectivity index is 2.16. The van der Waals surface area contributed by atoms with E-state index in [1.165, 1.54) is 12.4 Å². The third-order valence-corrected chi connectivity index (χ3v) is 3.28. The topological polar surface area (TPSA) is 131 Å². The Bertz CT molecular complexity index is 779. The summed E-state index contributed by atoms with van der Waals surface area (Å²) in [4.78, 5) is 35.2. The normalized spacial score (nSPS) is 10.5. The van der Waals surface area contributed by atoms with E-state index < -0.39 is 11.9 Å². The summed E-state index contributed by atoms with van der Waals surface area (Å²) >= 11 is 0. The summed E-state index contributed by atoms with van der Waals surface area (Å²) in [5.41, 5.74) is 0.596. The van der Waals surface area contributed by atoms with Gasteiger partial charge in [0, 0.05) is 25.5 Å². The van der Waals surface area contributed by atoms with Crippen LogP contribution in [0.4, 0.5) is 5.69 Å². The number of hydrogen-bond acceptors (Lipinski definition) is 5. The van der Waals surface area contributed by atoms with Crippen molar-refractivity contribution >= 4 is 23.5 Å². The van der Waals surface area contributed by atoms with Crippen LogP contribution in [-0.2, 0) is 17.9 Å². The predicted molar refractivity (Wildman–Crippen MR) is 88.3 cm³/mol. The molecule has 25 heavy (non-hydrogen) atoms. The largest absolute Gasteiger partial charge is 0.480 e. The number of nitrogens with one attached hydrogen (secondary N) is 2. The maximum atomic E-state index is 12.3. The highest BCUT2D eigenvalue weighted by Gasteiger charge is 2.19. The standard InChI is InChI=1S/C15H20N6O4/c1-3-5-16-15(25)13-11(8-20(4-2)19-13)18-14(24)10-6-17-21(7-10)9-12(22)23/h6-8H,3-5,9H2,1-2H3,(H,16,25)(H,18,24)(H,22,23). The highest BCUT2D eigenvalue weighted by molar-refractivity contribution is 6.08. The number of carboxylic acids is 1. The molecule has 2 aromatic heterocycles. The van der Waals surface area contributed by atoms with E-state index in [0.717, 1.165) is 11.1 Å². The third kappa shape index (κ3) is 4.66. The van der Waals surface area contributed by atoms with Gasteiger partial charge in [0.2, 0.25) is 0 Å². The Labute approximate surface area is 143 Å². The molecule has 0 spiro atoms. The number of hydrogen-bond donors (Lipinski definition) is 3. The van der Waals surface area contributed by atoms with Crippen molar-refractivity contribution in [2.45, 2.75) is 33.4 Å². The zero-order valence-corrected chi connectivity index (χ0v) is 14.0. The lowest BCUT2D eigenvalue weighted by Gasteiger charge is -2.04. The highest BCUT2D eigenvalue weighted by atomic mass is 16.4. The van der Waals surface area contributed by atoms with E-state index in [1.54, 1.807) is 10.9 Å². The molecule has 0 aliphatic heterocycles. The van der Waals surface area contributed by atoms with Crippen LogP contribution in [0.15, 0.2) is 18.6 Å². The molecule has 0 aliphatic rings. The van der Waals surface area contributed by atoms with Crippen molar-refractivity contribution in [3.8, 4) is 0 Å². The molecule has 2 aromatic rings. The Hall–Kier alpha value is -3.17. The van der Waals surface area contributed by atoms with Crippen LogP contribution in [0.3, 0.4) is 0 Å². The molecule has 0 bridgehead atoms. The van der Waals surface area contributed by atoms with Crippen LogP contribution < -0.4 is 10.6 Å². The van der Waals surface area contributed by atoms with Crippen LogP contribution in [0.5, 0.6) is 0 Å². The molecule has 2 heterocycles. The Morgan fingerprint density at radius 2 is 1.92 bits per heavy atom. The summed E-state index contributed by atoms with van der Waals surface area (Å²) < 4.78 is 2.69. The second kappa shape index (κ2) is 8.08. The summed E-state index contributed by atoms with van der Waals surface area (Å²) in [7, 11) is 0. The maximum absolute atomic E-state index is 12.3. The molecule has 134 valence electrons. The molecular formula is C15H20N6O4. The van der Waals surface area contributed by atoms with Crippen molar-refractivity contribution in [1.29, 1.82) is 0 Å². The van der Waals surface area contributed by atoms with Gasteiger partial charge in [0.05, 0.1) is 17.4 Å². The Morgan fingerprint density at radius 1 is 1.16 bits per heavy atom. The molecule has 3 N–H and O–H groups in total. The van der Waals surface area contributed by atoms with Gasteiger partial charge in [-0.1, -0.05) is 6.92 Å². The molecular weight excluding hydrogens is 328 g/mol. The average molecular weight is 348 g/mol. The van der Waals surface area contributed by atoms with E-state index in [-0.39, 0.29) is 29.4 Å². The van der Waals surface area contributed by atoms with Gasteiger partial charge in [-0.15, -0.1) is 0 Å². The fourth-order valence-electron chi connectivity index (χ4n) is 2.07. The molecule has 0 aliphatic carbocycles. The van der Waals surface area contributed by atoms with Gasteiger partial charge in [0.25, 0.3) is 11.8 Å². The molecule has 0 saturated carbocycles. The van der Waals surface area contributed by atoms with Gasteiger partial charge in [-0.05, 0) is 13.3 Å². The smallest absolute Gasteiger partial charge is 0.325 e. The number of aliphatic carboxylic acids is 1. The number of carbonyl (C=O) groups is 3. The van der Waals surface area contributed by atoms with Crippen molar-refractivity contribution in [1.82, 2.24) is 24.9 Å².